The number of hydrogen-bond donors (Lipinski definition) is 0. The maximum Gasteiger partial charge on any atom is 0.276 e. The molecule has 0 atom stereocenters. The molecule has 27 heavy (non-hydrogen) atoms. The number of aromatic nitrogens is 1. The molecule has 0 N–H and O–H groups in total. The fraction of sp³-hybridized carbons (Fsp3) is 0.143. The molecule has 4 rings (SSSR count). The number of carbonyl (C=O) groups is 1. The molecule has 4 aromatic rings. The summed E-state index contributed by atoms with van der Waals surface area (Å²) in [5.41, 5.74) is 1.19. The Morgan fingerprint density at radius 2 is 1.96 bits per heavy atom. The van der Waals surface area contributed by atoms with E-state index in [9.17, 15) is 4.79 Å². The minimum atomic E-state index is -0.172. The second kappa shape index (κ2) is 8.05. The van der Waals surface area contributed by atoms with Crippen LogP contribution in [0.4, 0.5) is 0 Å². The van der Waals surface area contributed by atoms with Crippen LogP contribution in [0.25, 0.3) is 11.3 Å². The van der Waals surface area contributed by atoms with Crippen LogP contribution in [0.5, 0.6) is 0 Å². The van der Waals surface area contributed by atoms with Gasteiger partial charge < -0.3 is 13.8 Å². The van der Waals surface area contributed by atoms with Gasteiger partial charge in [-0.2, -0.15) is 0 Å². The number of hydrogen-bond acceptors (Lipinski definition) is 5. The van der Waals surface area contributed by atoms with E-state index in [2.05, 4.69) is 11.2 Å². The van der Waals surface area contributed by atoms with Crippen molar-refractivity contribution in [2.24, 2.45) is 0 Å². The number of amides is 1. The van der Waals surface area contributed by atoms with Crippen LogP contribution < -0.4 is 0 Å². The largest absolute Gasteiger partial charge is 0.467 e. The first-order chi connectivity index (χ1) is 13.3. The molecular formula is C21H18N2O3S. The van der Waals surface area contributed by atoms with Crippen LogP contribution in [0.1, 0.15) is 21.1 Å². The van der Waals surface area contributed by atoms with Gasteiger partial charge in [0.15, 0.2) is 11.5 Å². The molecule has 0 aliphatic heterocycles. The Kier molecular flexibility index (Phi) is 5.16. The normalized spacial score (nSPS) is 10.8. The second-order valence-electron chi connectivity index (χ2n) is 6.08. The van der Waals surface area contributed by atoms with E-state index in [4.69, 9.17) is 8.94 Å². The standard InChI is InChI=1S/C21H18N2O3S/c24-21(19-14-20(26-22-19)16-6-2-1-3-7-16)23(15-17-8-4-12-25-17)11-10-18-9-5-13-27-18/h1-9,12-14H,10-11,15H2. The lowest BCUT2D eigenvalue weighted by Gasteiger charge is -2.20. The van der Waals surface area contributed by atoms with Crippen molar-refractivity contribution < 1.29 is 13.7 Å². The molecule has 0 fully saturated rings. The zero-order valence-corrected chi connectivity index (χ0v) is 15.4. The van der Waals surface area contributed by atoms with Crippen molar-refractivity contribution in [2.45, 2.75) is 13.0 Å². The molecule has 0 aliphatic rings. The van der Waals surface area contributed by atoms with Crippen LogP contribution in [0.15, 0.2) is 81.2 Å². The number of rotatable bonds is 7. The van der Waals surface area contributed by atoms with E-state index in [1.54, 1.807) is 28.6 Å². The Hall–Kier alpha value is -3.12. The molecule has 5 nitrogen and oxygen atoms in total. The number of furan rings is 1. The molecule has 6 heteroatoms. The highest BCUT2D eigenvalue weighted by Crippen LogP contribution is 2.21. The van der Waals surface area contributed by atoms with E-state index < -0.39 is 0 Å². The Bertz CT molecular complexity index is 976. The minimum Gasteiger partial charge on any atom is -0.467 e. The first-order valence-electron chi connectivity index (χ1n) is 8.66. The van der Waals surface area contributed by atoms with Gasteiger partial charge in [0.1, 0.15) is 5.76 Å². The van der Waals surface area contributed by atoms with Crippen LogP contribution in [-0.2, 0) is 13.0 Å². The molecule has 136 valence electrons. The van der Waals surface area contributed by atoms with Gasteiger partial charge in [-0.15, -0.1) is 11.3 Å². The predicted octanol–water partition coefficient (Wildman–Crippen LogP) is 4.88. The van der Waals surface area contributed by atoms with Gasteiger partial charge >= 0.3 is 0 Å². The van der Waals surface area contributed by atoms with Crippen molar-refractivity contribution in [1.29, 1.82) is 0 Å². The van der Waals surface area contributed by atoms with Crippen LogP contribution in [0.3, 0.4) is 0 Å². The predicted molar refractivity (Wildman–Crippen MR) is 103 cm³/mol. The second-order valence-corrected chi connectivity index (χ2v) is 7.11. The van der Waals surface area contributed by atoms with Gasteiger partial charge in [-0.3, -0.25) is 4.79 Å². The van der Waals surface area contributed by atoms with Crippen LogP contribution >= 0.6 is 11.3 Å². The topological polar surface area (TPSA) is 59.5 Å². The Labute approximate surface area is 160 Å². The van der Waals surface area contributed by atoms with Crippen molar-refractivity contribution in [3.63, 3.8) is 0 Å². The number of carbonyl (C=O) groups excluding carboxylic acids is 1. The average molecular weight is 378 g/mol. The lowest BCUT2D eigenvalue weighted by molar-refractivity contribution is 0.0723. The summed E-state index contributed by atoms with van der Waals surface area (Å²) in [6, 6.07) is 19.1. The fourth-order valence-electron chi connectivity index (χ4n) is 2.82. The van der Waals surface area contributed by atoms with Crippen LogP contribution in [0.2, 0.25) is 0 Å². The van der Waals surface area contributed by atoms with Crippen LogP contribution in [0, 0.1) is 0 Å². The molecule has 3 heterocycles. The summed E-state index contributed by atoms with van der Waals surface area (Å²) in [6.07, 6.45) is 2.40. The smallest absolute Gasteiger partial charge is 0.276 e. The third-order valence-electron chi connectivity index (χ3n) is 4.21. The summed E-state index contributed by atoms with van der Waals surface area (Å²) in [6.45, 7) is 0.971. The number of thiophene rings is 1. The third-order valence-corrected chi connectivity index (χ3v) is 5.15. The molecule has 0 unspecified atom stereocenters. The van der Waals surface area contributed by atoms with Crippen molar-refractivity contribution in [3.8, 4) is 11.3 Å². The Morgan fingerprint density at radius 3 is 2.70 bits per heavy atom. The highest BCUT2D eigenvalue weighted by atomic mass is 32.1. The molecule has 0 saturated heterocycles. The van der Waals surface area contributed by atoms with E-state index >= 15 is 0 Å². The molecule has 0 bridgehead atoms. The summed E-state index contributed by atoms with van der Waals surface area (Å²) >= 11 is 1.69. The quantitative estimate of drug-likeness (QED) is 0.460. The summed E-state index contributed by atoms with van der Waals surface area (Å²) in [7, 11) is 0. The molecule has 3 aromatic heterocycles. The fourth-order valence-corrected chi connectivity index (χ4v) is 3.52. The lowest BCUT2D eigenvalue weighted by atomic mass is 10.1. The van der Waals surface area contributed by atoms with Gasteiger partial charge in [0.25, 0.3) is 5.91 Å². The average Bonchev–Trinajstić information content (AvgIpc) is 3.48. The van der Waals surface area contributed by atoms with Gasteiger partial charge in [0, 0.05) is 23.1 Å². The highest BCUT2D eigenvalue weighted by molar-refractivity contribution is 7.09. The van der Waals surface area contributed by atoms with Gasteiger partial charge in [-0.05, 0) is 30.0 Å². The first kappa shape index (κ1) is 17.3. The third kappa shape index (κ3) is 4.17. The highest BCUT2D eigenvalue weighted by Gasteiger charge is 2.21. The van der Waals surface area contributed by atoms with E-state index in [1.165, 1.54) is 4.88 Å². The monoisotopic (exact) mass is 378 g/mol. The van der Waals surface area contributed by atoms with E-state index in [0.29, 0.717) is 24.5 Å². The Balaban J connectivity index is 1.53. The maximum absolute atomic E-state index is 13.0. The van der Waals surface area contributed by atoms with E-state index in [-0.39, 0.29) is 5.91 Å². The first-order valence-corrected chi connectivity index (χ1v) is 9.54. The molecule has 0 radical (unpaired) electrons. The molecule has 0 saturated carbocycles. The van der Waals surface area contributed by atoms with Crippen molar-refractivity contribution in [1.82, 2.24) is 10.1 Å². The summed E-state index contributed by atoms with van der Waals surface area (Å²) in [5, 5.41) is 6.03. The summed E-state index contributed by atoms with van der Waals surface area (Å²) in [4.78, 5) is 16.0. The van der Waals surface area contributed by atoms with Gasteiger partial charge in [0.05, 0.1) is 12.8 Å². The molecular weight excluding hydrogens is 360 g/mol. The van der Waals surface area contributed by atoms with E-state index in [0.717, 1.165) is 17.7 Å². The van der Waals surface area contributed by atoms with Crippen LogP contribution in [-0.4, -0.2) is 22.5 Å². The van der Waals surface area contributed by atoms with Crippen molar-refractivity contribution >= 4 is 17.2 Å². The van der Waals surface area contributed by atoms with E-state index in [1.807, 2.05) is 53.9 Å². The van der Waals surface area contributed by atoms with Crippen molar-refractivity contribution in [2.75, 3.05) is 6.54 Å². The number of benzene rings is 1. The zero-order chi connectivity index (χ0) is 18.5. The van der Waals surface area contributed by atoms with Gasteiger partial charge in [0.2, 0.25) is 0 Å². The lowest BCUT2D eigenvalue weighted by Crippen LogP contribution is -2.32. The molecule has 0 spiro atoms. The molecule has 1 amide bonds. The Morgan fingerprint density at radius 1 is 1.07 bits per heavy atom. The van der Waals surface area contributed by atoms with Gasteiger partial charge in [-0.1, -0.05) is 41.6 Å². The maximum atomic E-state index is 13.0. The molecule has 0 aliphatic carbocycles. The number of nitrogens with zero attached hydrogens (tertiary/aromatic N) is 2. The SMILES string of the molecule is O=C(c1cc(-c2ccccc2)on1)N(CCc1cccs1)Cc1ccco1. The minimum absolute atomic E-state index is 0.172. The van der Waals surface area contributed by atoms with Crippen molar-refractivity contribution in [3.05, 3.63) is 88.6 Å². The molecule has 1 aromatic carbocycles. The summed E-state index contributed by atoms with van der Waals surface area (Å²) in [5.74, 6) is 1.14. The van der Waals surface area contributed by atoms with Gasteiger partial charge in [-0.25, -0.2) is 0 Å². The summed E-state index contributed by atoms with van der Waals surface area (Å²) < 4.78 is 10.8. The zero-order valence-electron chi connectivity index (χ0n) is 14.6.